The Morgan fingerprint density at radius 3 is 2.31 bits per heavy atom. The summed E-state index contributed by atoms with van der Waals surface area (Å²) < 4.78 is 93.2. The summed E-state index contributed by atoms with van der Waals surface area (Å²) in [4.78, 5) is 7.52. The molecule has 0 aliphatic carbocycles. The number of fused-ring (bicyclic) bond motifs is 1. The van der Waals surface area contributed by atoms with Crippen molar-refractivity contribution in [1.29, 1.82) is 0 Å². The van der Waals surface area contributed by atoms with Crippen LogP contribution in [0.1, 0.15) is 12.5 Å². The predicted molar refractivity (Wildman–Crippen MR) is 97.2 cm³/mol. The molecule has 0 amide bonds. The maximum Gasteiger partial charge on any atom is 0.446 e. The first kappa shape index (κ1) is 21.8. The quantitative estimate of drug-likeness (QED) is 0.331. The van der Waals surface area contributed by atoms with Gasteiger partial charge in [-0.15, -0.1) is 11.8 Å². The molecule has 3 aromatic heterocycles. The number of alkyl halides is 6. The van der Waals surface area contributed by atoms with E-state index in [1.165, 1.54) is 11.6 Å². The normalized spacial score (nSPS) is 12.7. The van der Waals surface area contributed by atoms with Crippen molar-refractivity contribution in [1.82, 2.24) is 14.5 Å². The molecule has 3 nitrogen and oxygen atoms in total. The van der Waals surface area contributed by atoms with Crippen LogP contribution in [-0.4, -0.2) is 25.8 Å². The van der Waals surface area contributed by atoms with Gasteiger partial charge in [-0.25, -0.2) is 9.37 Å². The minimum absolute atomic E-state index is 0.0344. The van der Waals surface area contributed by atoms with Gasteiger partial charge in [-0.3, -0.25) is 4.98 Å². The zero-order chi connectivity index (χ0) is 21.6. The van der Waals surface area contributed by atoms with Crippen LogP contribution in [0.5, 0.6) is 0 Å². The van der Waals surface area contributed by atoms with Gasteiger partial charge < -0.3 is 4.57 Å². The van der Waals surface area contributed by atoms with E-state index in [4.69, 9.17) is 0 Å². The number of pyridine rings is 2. The molecule has 0 radical (unpaired) electrons. The zero-order valence-corrected chi connectivity index (χ0v) is 16.5. The van der Waals surface area contributed by atoms with Gasteiger partial charge in [0.15, 0.2) is 5.82 Å². The summed E-state index contributed by atoms with van der Waals surface area (Å²) in [7, 11) is 1.42. The number of nitrogens with zero attached hydrogens (tertiary/aromatic N) is 3. The molecule has 0 bridgehead atoms. The van der Waals surface area contributed by atoms with E-state index >= 15 is 4.39 Å². The van der Waals surface area contributed by atoms with Crippen molar-refractivity contribution in [2.24, 2.45) is 7.05 Å². The molecule has 156 valence electrons. The monoisotopic (exact) mass is 455 g/mol. The van der Waals surface area contributed by atoms with Gasteiger partial charge in [0.2, 0.25) is 0 Å². The molecule has 3 heterocycles. The molecular formula is C17H12F7N3S2. The molecule has 0 aromatic carbocycles. The Balaban J connectivity index is 2.19. The van der Waals surface area contributed by atoms with Gasteiger partial charge in [-0.2, -0.15) is 26.3 Å². The summed E-state index contributed by atoms with van der Waals surface area (Å²) in [6, 6.07) is 1.89. The van der Waals surface area contributed by atoms with Crippen molar-refractivity contribution in [2.45, 2.75) is 28.4 Å². The standard InChI is InChI=1S/C17H12F7N3S2/c1-3-28-11-4-8(16(19,20)21)6-25-13(11)14-12(18)10-5-9(29-17(22,23)24)7-26-15(10)27(14)2/h4-7H,3H2,1-2H3. The van der Waals surface area contributed by atoms with Crippen LogP contribution in [-0.2, 0) is 13.2 Å². The Kier molecular flexibility index (Phi) is 5.78. The first-order chi connectivity index (χ1) is 13.4. The fraction of sp³-hybridized carbons (Fsp3) is 0.294. The van der Waals surface area contributed by atoms with E-state index in [0.717, 1.165) is 30.1 Å². The molecule has 0 saturated heterocycles. The molecule has 0 unspecified atom stereocenters. The summed E-state index contributed by atoms with van der Waals surface area (Å²) in [6.07, 6.45) is -3.05. The number of halogens is 7. The second-order valence-electron chi connectivity index (χ2n) is 5.81. The lowest BCUT2D eigenvalue weighted by atomic mass is 10.2. The van der Waals surface area contributed by atoms with E-state index in [9.17, 15) is 26.3 Å². The molecule has 0 N–H and O–H groups in total. The van der Waals surface area contributed by atoms with Crippen molar-refractivity contribution in [2.75, 3.05) is 5.75 Å². The Morgan fingerprint density at radius 1 is 1.03 bits per heavy atom. The number of thioether (sulfide) groups is 2. The minimum atomic E-state index is -4.61. The lowest BCUT2D eigenvalue weighted by Gasteiger charge is -2.12. The summed E-state index contributed by atoms with van der Waals surface area (Å²) in [6.45, 7) is 1.72. The van der Waals surface area contributed by atoms with Crippen molar-refractivity contribution in [3.8, 4) is 11.4 Å². The highest BCUT2D eigenvalue weighted by Crippen LogP contribution is 2.41. The Morgan fingerprint density at radius 2 is 1.72 bits per heavy atom. The van der Waals surface area contributed by atoms with Crippen LogP contribution in [0.25, 0.3) is 22.4 Å². The summed E-state index contributed by atoms with van der Waals surface area (Å²) in [5, 5.41) is -0.175. The lowest BCUT2D eigenvalue weighted by Crippen LogP contribution is -2.07. The van der Waals surface area contributed by atoms with Gasteiger partial charge in [-0.05, 0) is 29.6 Å². The van der Waals surface area contributed by atoms with E-state index in [0.29, 0.717) is 11.9 Å². The van der Waals surface area contributed by atoms with Gasteiger partial charge in [0.1, 0.15) is 17.0 Å². The van der Waals surface area contributed by atoms with Gasteiger partial charge >= 0.3 is 11.7 Å². The third-order valence-electron chi connectivity index (χ3n) is 3.88. The Hall–Kier alpha value is -1.95. The van der Waals surface area contributed by atoms with Crippen LogP contribution in [0.3, 0.4) is 0 Å². The SMILES string of the molecule is CCSc1cc(C(F)(F)F)cnc1-c1c(F)c2cc(SC(F)(F)F)cnc2n1C. The van der Waals surface area contributed by atoms with Crippen LogP contribution >= 0.6 is 23.5 Å². The summed E-state index contributed by atoms with van der Waals surface area (Å²) in [5.41, 5.74) is -5.67. The molecule has 0 fully saturated rings. The molecule has 0 spiro atoms. The zero-order valence-electron chi connectivity index (χ0n) is 14.8. The molecule has 0 aliphatic rings. The number of hydrogen-bond acceptors (Lipinski definition) is 4. The minimum Gasteiger partial charge on any atom is -0.325 e. The Labute approximate surface area is 168 Å². The smallest absolute Gasteiger partial charge is 0.325 e. The van der Waals surface area contributed by atoms with Gasteiger partial charge in [0.05, 0.1) is 10.9 Å². The molecule has 3 aromatic rings. The van der Waals surface area contributed by atoms with Crippen LogP contribution < -0.4 is 0 Å². The third-order valence-corrected chi connectivity index (χ3v) is 5.48. The summed E-state index contributed by atoms with van der Waals surface area (Å²) >= 11 is 0.618. The molecule has 12 heteroatoms. The fourth-order valence-corrected chi connectivity index (χ4v) is 4.10. The maximum atomic E-state index is 15.1. The molecule has 0 atom stereocenters. The highest BCUT2D eigenvalue weighted by Gasteiger charge is 2.33. The first-order valence-electron chi connectivity index (χ1n) is 8.02. The topological polar surface area (TPSA) is 30.7 Å². The van der Waals surface area contributed by atoms with Gasteiger partial charge in [0.25, 0.3) is 0 Å². The Bertz CT molecular complexity index is 1060. The van der Waals surface area contributed by atoms with Crippen molar-refractivity contribution in [3.05, 3.63) is 35.9 Å². The highest BCUT2D eigenvalue weighted by atomic mass is 32.2. The molecule has 0 aliphatic heterocycles. The summed E-state index contributed by atoms with van der Waals surface area (Å²) in [5.74, 6) is -0.489. The van der Waals surface area contributed by atoms with E-state index in [-0.39, 0.29) is 32.2 Å². The molecule has 29 heavy (non-hydrogen) atoms. The second kappa shape index (κ2) is 7.71. The van der Waals surface area contributed by atoms with Crippen molar-refractivity contribution in [3.63, 3.8) is 0 Å². The van der Waals surface area contributed by atoms with E-state index in [1.807, 2.05) is 0 Å². The first-order valence-corrected chi connectivity index (χ1v) is 9.82. The van der Waals surface area contributed by atoms with E-state index < -0.39 is 34.8 Å². The second-order valence-corrected chi connectivity index (χ2v) is 8.26. The molecule has 0 saturated carbocycles. The highest BCUT2D eigenvalue weighted by molar-refractivity contribution is 8.00. The van der Waals surface area contributed by atoms with E-state index in [2.05, 4.69) is 9.97 Å². The average molecular weight is 455 g/mol. The lowest BCUT2D eigenvalue weighted by molar-refractivity contribution is -0.138. The molecular weight excluding hydrogens is 443 g/mol. The van der Waals surface area contributed by atoms with Gasteiger partial charge in [-0.1, -0.05) is 6.92 Å². The van der Waals surface area contributed by atoms with Crippen LogP contribution in [0.15, 0.2) is 34.3 Å². The number of hydrogen-bond donors (Lipinski definition) is 0. The van der Waals surface area contributed by atoms with Crippen LogP contribution in [0.2, 0.25) is 0 Å². The van der Waals surface area contributed by atoms with Crippen LogP contribution in [0, 0.1) is 5.82 Å². The number of rotatable bonds is 4. The predicted octanol–water partition coefficient (Wildman–Crippen LogP) is 6.52. The average Bonchev–Trinajstić information content (AvgIpc) is 2.84. The number of aromatic nitrogens is 3. The van der Waals surface area contributed by atoms with Gasteiger partial charge in [0, 0.05) is 29.2 Å². The maximum absolute atomic E-state index is 15.1. The van der Waals surface area contributed by atoms with Crippen molar-refractivity contribution >= 4 is 34.6 Å². The molecule has 3 rings (SSSR count). The van der Waals surface area contributed by atoms with Crippen LogP contribution in [0.4, 0.5) is 30.7 Å². The largest absolute Gasteiger partial charge is 0.446 e. The van der Waals surface area contributed by atoms with Crippen molar-refractivity contribution < 1.29 is 30.7 Å². The number of aryl methyl sites for hydroxylation is 1. The van der Waals surface area contributed by atoms with E-state index in [1.54, 1.807) is 6.92 Å². The fourth-order valence-electron chi connectivity index (χ4n) is 2.74. The third kappa shape index (κ3) is 4.47.